The van der Waals surface area contributed by atoms with Crippen LogP contribution in [-0.2, 0) is 0 Å². The highest BCUT2D eigenvalue weighted by atomic mass is 32.2. The smallest absolute Gasteiger partial charge is 0.0320 e. The molecule has 0 aliphatic carbocycles. The Bertz CT molecular complexity index is 197. The maximum atomic E-state index is 3.74. The van der Waals surface area contributed by atoms with E-state index in [0.717, 1.165) is 29.0 Å². The van der Waals surface area contributed by atoms with E-state index in [4.69, 9.17) is 0 Å². The van der Waals surface area contributed by atoms with E-state index in [1.165, 1.54) is 30.8 Å². The lowest BCUT2D eigenvalue weighted by Crippen LogP contribution is -2.45. The third-order valence-corrected chi connectivity index (χ3v) is 6.82. The van der Waals surface area contributed by atoms with Crippen LogP contribution in [0.3, 0.4) is 0 Å². The summed E-state index contributed by atoms with van der Waals surface area (Å²) in [4.78, 5) is 0. The number of thioether (sulfide) groups is 2. The summed E-state index contributed by atoms with van der Waals surface area (Å²) < 4.78 is 0. The molecular formula is C14H29NS2. The Labute approximate surface area is 116 Å². The van der Waals surface area contributed by atoms with Crippen LogP contribution in [0.5, 0.6) is 0 Å². The number of rotatable bonds is 7. The predicted molar refractivity (Wildman–Crippen MR) is 84.3 cm³/mol. The lowest BCUT2D eigenvalue weighted by molar-refractivity contribution is 0.419. The van der Waals surface area contributed by atoms with Crippen molar-refractivity contribution in [2.24, 2.45) is 5.92 Å². The molecule has 1 aliphatic heterocycles. The summed E-state index contributed by atoms with van der Waals surface area (Å²) in [6.07, 6.45) is 4.03. The molecule has 1 fully saturated rings. The fourth-order valence-corrected chi connectivity index (χ4v) is 5.77. The molecule has 3 unspecified atom stereocenters. The van der Waals surface area contributed by atoms with Gasteiger partial charge in [-0.05, 0) is 31.7 Å². The van der Waals surface area contributed by atoms with Crippen LogP contribution in [0.4, 0.5) is 0 Å². The molecule has 0 aromatic rings. The van der Waals surface area contributed by atoms with Crippen LogP contribution in [-0.4, -0.2) is 34.6 Å². The van der Waals surface area contributed by atoms with Gasteiger partial charge in [0.1, 0.15) is 0 Å². The van der Waals surface area contributed by atoms with Gasteiger partial charge in [0.2, 0.25) is 0 Å². The quantitative estimate of drug-likeness (QED) is 0.753. The molecule has 0 bridgehead atoms. The van der Waals surface area contributed by atoms with Gasteiger partial charge in [0.15, 0.2) is 0 Å². The van der Waals surface area contributed by atoms with E-state index in [9.17, 15) is 0 Å². The molecule has 1 nitrogen and oxygen atoms in total. The van der Waals surface area contributed by atoms with Gasteiger partial charge in [-0.2, -0.15) is 23.5 Å². The lowest BCUT2D eigenvalue weighted by Gasteiger charge is -2.36. The second-order valence-electron chi connectivity index (χ2n) is 5.29. The summed E-state index contributed by atoms with van der Waals surface area (Å²) in [5.74, 6) is 3.52. The van der Waals surface area contributed by atoms with E-state index in [1.807, 2.05) is 0 Å². The maximum absolute atomic E-state index is 3.74. The van der Waals surface area contributed by atoms with Crippen molar-refractivity contribution in [3.05, 3.63) is 0 Å². The number of hydrogen-bond donors (Lipinski definition) is 1. The minimum absolute atomic E-state index is 0.727. The summed E-state index contributed by atoms with van der Waals surface area (Å²) in [6.45, 7) is 10.4. The largest absolute Gasteiger partial charge is 0.313 e. The average Bonchev–Trinajstić information content (AvgIpc) is 2.34. The molecule has 102 valence electrons. The van der Waals surface area contributed by atoms with Crippen LogP contribution in [0.15, 0.2) is 0 Å². The topological polar surface area (TPSA) is 12.0 Å². The second-order valence-corrected chi connectivity index (χ2v) is 7.92. The summed E-state index contributed by atoms with van der Waals surface area (Å²) in [6, 6.07) is 0.727. The molecule has 0 spiro atoms. The fraction of sp³-hybridized carbons (Fsp3) is 1.00. The van der Waals surface area contributed by atoms with Crippen LogP contribution in [0, 0.1) is 5.92 Å². The maximum Gasteiger partial charge on any atom is 0.0320 e. The third kappa shape index (κ3) is 5.44. The first-order chi connectivity index (χ1) is 8.19. The summed E-state index contributed by atoms with van der Waals surface area (Å²) in [5.41, 5.74) is 0. The van der Waals surface area contributed by atoms with E-state index < -0.39 is 0 Å². The highest BCUT2D eigenvalue weighted by Crippen LogP contribution is 2.36. The molecule has 1 heterocycles. The van der Waals surface area contributed by atoms with E-state index in [-0.39, 0.29) is 0 Å². The van der Waals surface area contributed by atoms with Crippen LogP contribution >= 0.6 is 23.5 Å². The normalized spacial score (nSPS) is 27.4. The third-order valence-electron chi connectivity index (χ3n) is 3.41. The molecule has 1 N–H and O–H groups in total. The fourth-order valence-electron chi connectivity index (χ4n) is 2.47. The van der Waals surface area contributed by atoms with Gasteiger partial charge in [-0.25, -0.2) is 0 Å². The predicted octanol–water partition coefficient (Wildman–Crippen LogP) is 4.03. The highest BCUT2D eigenvalue weighted by molar-refractivity contribution is 8.07. The van der Waals surface area contributed by atoms with Crippen molar-refractivity contribution in [3.63, 3.8) is 0 Å². The monoisotopic (exact) mass is 275 g/mol. The molecule has 0 radical (unpaired) electrons. The Morgan fingerprint density at radius 1 is 1.12 bits per heavy atom. The number of hydrogen-bond acceptors (Lipinski definition) is 3. The van der Waals surface area contributed by atoms with Crippen molar-refractivity contribution in [2.45, 2.75) is 63.5 Å². The van der Waals surface area contributed by atoms with Crippen molar-refractivity contribution in [1.29, 1.82) is 0 Å². The molecule has 0 aromatic heterocycles. The minimum atomic E-state index is 0.727. The Balaban J connectivity index is 2.53. The zero-order valence-electron chi connectivity index (χ0n) is 11.9. The Hall–Kier alpha value is 0.660. The molecule has 1 rings (SSSR count). The van der Waals surface area contributed by atoms with E-state index >= 15 is 0 Å². The molecule has 3 heteroatoms. The van der Waals surface area contributed by atoms with Gasteiger partial charge in [-0.1, -0.05) is 27.7 Å². The minimum Gasteiger partial charge on any atom is -0.313 e. The molecular weight excluding hydrogens is 246 g/mol. The summed E-state index contributed by atoms with van der Waals surface area (Å²) in [7, 11) is 0. The summed E-state index contributed by atoms with van der Waals surface area (Å²) >= 11 is 4.41. The van der Waals surface area contributed by atoms with Gasteiger partial charge < -0.3 is 5.32 Å². The first kappa shape index (κ1) is 15.7. The van der Waals surface area contributed by atoms with Gasteiger partial charge >= 0.3 is 0 Å². The standard InChI is InChI=1S/C14H29NS2/c1-5-13-14(17-10-9-16-13)12(15-6-2)8-7-11(3)4/h11-15H,5-10H2,1-4H3. The van der Waals surface area contributed by atoms with Gasteiger partial charge in [0, 0.05) is 28.0 Å². The molecule has 1 aliphatic rings. The van der Waals surface area contributed by atoms with Crippen LogP contribution in [0.2, 0.25) is 0 Å². The SMILES string of the molecule is CCNC(CCC(C)C)C1SCCSC1CC. The van der Waals surface area contributed by atoms with Crippen molar-refractivity contribution in [2.75, 3.05) is 18.1 Å². The van der Waals surface area contributed by atoms with Gasteiger partial charge in [0.05, 0.1) is 0 Å². The molecule has 0 amide bonds. The van der Waals surface area contributed by atoms with Crippen LogP contribution in [0.1, 0.15) is 47.0 Å². The first-order valence-electron chi connectivity index (χ1n) is 7.15. The van der Waals surface area contributed by atoms with Gasteiger partial charge in [0.25, 0.3) is 0 Å². The van der Waals surface area contributed by atoms with Crippen LogP contribution < -0.4 is 5.32 Å². The highest BCUT2D eigenvalue weighted by Gasteiger charge is 2.31. The molecule has 3 atom stereocenters. The van der Waals surface area contributed by atoms with E-state index in [0.29, 0.717) is 0 Å². The van der Waals surface area contributed by atoms with Crippen LogP contribution in [0.25, 0.3) is 0 Å². The molecule has 0 saturated carbocycles. The zero-order valence-corrected chi connectivity index (χ0v) is 13.5. The molecule has 17 heavy (non-hydrogen) atoms. The Kier molecular flexibility index (Phi) is 8.05. The van der Waals surface area contributed by atoms with Gasteiger partial charge in [-0.3, -0.25) is 0 Å². The second kappa shape index (κ2) is 8.71. The summed E-state index contributed by atoms with van der Waals surface area (Å²) in [5, 5.41) is 5.43. The van der Waals surface area contributed by atoms with Crippen molar-refractivity contribution >= 4 is 23.5 Å². The zero-order chi connectivity index (χ0) is 12.7. The van der Waals surface area contributed by atoms with E-state index in [2.05, 4.69) is 56.5 Å². The van der Waals surface area contributed by atoms with E-state index in [1.54, 1.807) is 0 Å². The molecule has 0 aromatic carbocycles. The van der Waals surface area contributed by atoms with Crippen molar-refractivity contribution in [3.8, 4) is 0 Å². The lowest BCUT2D eigenvalue weighted by atomic mass is 9.98. The Morgan fingerprint density at radius 2 is 1.82 bits per heavy atom. The average molecular weight is 276 g/mol. The Morgan fingerprint density at radius 3 is 2.41 bits per heavy atom. The number of nitrogens with one attached hydrogen (secondary N) is 1. The van der Waals surface area contributed by atoms with Crippen molar-refractivity contribution in [1.82, 2.24) is 5.32 Å². The molecule has 1 saturated heterocycles. The first-order valence-corrected chi connectivity index (χ1v) is 9.25. The van der Waals surface area contributed by atoms with Crippen molar-refractivity contribution < 1.29 is 0 Å². The van der Waals surface area contributed by atoms with Gasteiger partial charge in [-0.15, -0.1) is 0 Å².